The predicted molar refractivity (Wildman–Crippen MR) is 111 cm³/mol. The van der Waals surface area contributed by atoms with E-state index in [1.165, 1.54) is 23.1 Å². The summed E-state index contributed by atoms with van der Waals surface area (Å²) in [5.41, 5.74) is 0.793. The van der Waals surface area contributed by atoms with Gasteiger partial charge in [-0.25, -0.2) is 14.4 Å². The lowest BCUT2D eigenvalue weighted by atomic mass is 9.72. The van der Waals surface area contributed by atoms with Crippen LogP contribution in [0.3, 0.4) is 0 Å². The van der Waals surface area contributed by atoms with Gasteiger partial charge in [0, 0.05) is 24.7 Å². The molecule has 2 bridgehead atoms. The topological polar surface area (TPSA) is 95.3 Å². The lowest BCUT2D eigenvalue weighted by molar-refractivity contribution is -0.00508. The molecule has 10 heteroatoms. The molecule has 3 atom stereocenters. The first kappa shape index (κ1) is 20.3. The number of fused-ring (bicyclic) bond motifs is 3. The van der Waals surface area contributed by atoms with Crippen molar-refractivity contribution in [2.75, 3.05) is 20.3 Å². The first-order chi connectivity index (χ1) is 15.6. The molecule has 32 heavy (non-hydrogen) atoms. The summed E-state index contributed by atoms with van der Waals surface area (Å²) >= 11 is 0. The van der Waals surface area contributed by atoms with Crippen LogP contribution >= 0.6 is 0 Å². The van der Waals surface area contributed by atoms with E-state index in [-0.39, 0.29) is 17.8 Å². The van der Waals surface area contributed by atoms with E-state index in [1.54, 1.807) is 25.6 Å². The van der Waals surface area contributed by atoms with Gasteiger partial charge in [-0.1, -0.05) is 0 Å². The molecule has 166 valence electrons. The summed E-state index contributed by atoms with van der Waals surface area (Å²) in [6.45, 7) is 1.15. The van der Waals surface area contributed by atoms with Gasteiger partial charge in [0.1, 0.15) is 17.3 Å². The molecule has 0 aromatic carbocycles. The summed E-state index contributed by atoms with van der Waals surface area (Å²) in [6, 6.07) is 4.70. The average Bonchev–Trinajstić information content (AvgIpc) is 3.38. The van der Waals surface area contributed by atoms with E-state index in [1.807, 2.05) is 4.90 Å². The third-order valence-corrected chi connectivity index (χ3v) is 6.31. The third-order valence-electron chi connectivity index (χ3n) is 6.31. The Kier molecular flexibility index (Phi) is 5.42. The lowest BCUT2D eigenvalue weighted by Crippen LogP contribution is -2.55. The second-order valence-electron chi connectivity index (χ2n) is 8.13. The van der Waals surface area contributed by atoms with Gasteiger partial charge < -0.3 is 14.4 Å². The summed E-state index contributed by atoms with van der Waals surface area (Å²) in [5, 5.41) is 8.32. The maximum atomic E-state index is 13.5. The van der Waals surface area contributed by atoms with Gasteiger partial charge in [-0.15, -0.1) is 4.80 Å². The SMILES string of the molecule is COc1cnc(C(=O)N2CC3CCC2CC3COc2ccc(F)cn2)c(-n2nccn2)c1. The second kappa shape index (κ2) is 8.52. The quantitative estimate of drug-likeness (QED) is 0.584. The predicted octanol–water partition coefficient (Wildman–Crippen LogP) is 2.52. The zero-order valence-corrected chi connectivity index (χ0v) is 17.6. The van der Waals surface area contributed by atoms with Gasteiger partial charge in [-0.05, 0) is 37.2 Å². The molecule has 0 N–H and O–H groups in total. The Balaban J connectivity index is 1.31. The fraction of sp³-hybridized carbons (Fsp3) is 0.409. The number of piperidine rings is 2. The number of pyridine rings is 2. The lowest BCUT2D eigenvalue weighted by Gasteiger charge is -2.49. The van der Waals surface area contributed by atoms with Crippen molar-refractivity contribution in [1.82, 2.24) is 29.9 Å². The van der Waals surface area contributed by atoms with Gasteiger partial charge in [-0.2, -0.15) is 10.2 Å². The van der Waals surface area contributed by atoms with Crippen molar-refractivity contribution in [3.8, 4) is 17.3 Å². The largest absolute Gasteiger partial charge is 0.495 e. The van der Waals surface area contributed by atoms with Crippen molar-refractivity contribution in [1.29, 1.82) is 0 Å². The number of halogens is 1. The van der Waals surface area contributed by atoms with Gasteiger partial charge in [0.25, 0.3) is 5.91 Å². The van der Waals surface area contributed by atoms with Crippen LogP contribution in [0.15, 0.2) is 43.0 Å². The van der Waals surface area contributed by atoms with Crippen LogP contribution in [-0.2, 0) is 0 Å². The fourth-order valence-electron chi connectivity index (χ4n) is 4.66. The van der Waals surface area contributed by atoms with Crippen molar-refractivity contribution in [3.63, 3.8) is 0 Å². The summed E-state index contributed by atoms with van der Waals surface area (Å²) in [5.74, 6) is 1.07. The smallest absolute Gasteiger partial charge is 0.275 e. The highest BCUT2D eigenvalue weighted by Crippen LogP contribution is 2.40. The Morgan fingerprint density at radius 2 is 2.03 bits per heavy atom. The molecule has 1 aliphatic carbocycles. The number of carbonyl (C=O) groups excluding carboxylic acids is 1. The zero-order chi connectivity index (χ0) is 22.1. The van der Waals surface area contributed by atoms with Crippen LogP contribution in [0.5, 0.6) is 11.6 Å². The van der Waals surface area contributed by atoms with Crippen molar-refractivity contribution >= 4 is 5.91 Å². The van der Waals surface area contributed by atoms with Crippen LogP contribution in [0.2, 0.25) is 0 Å². The Labute approximate surface area is 184 Å². The van der Waals surface area contributed by atoms with Crippen LogP contribution in [0, 0.1) is 17.7 Å². The highest BCUT2D eigenvalue weighted by Gasteiger charge is 2.43. The van der Waals surface area contributed by atoms with Crippen molar-refractivity contribution < 1.29 is 18.7 Å². The van der Waals surface area contributed by atoms with Crippen LogP contribution in [-0.4, -0.2) is 62.1 Å². The minimum atomic E-state index is -0.389. The molecule has 3 unspecified atom stereocenters. The van der Waals surface area contributed by atoms with Gasteiger partial charge in [0.05, 0.1) is 38.5 Å². The molecule has 9 nitrogen and oxygen atoms in total. The Morgan fingerprint density at radius 3 is 2.72 bits per heavy atom. The molecule has 3 aliphatic rings. The molecule has 0 radical (unpaired) electrons. The minimum Gasteiger partial charge on any atom is -0.495 e. The number of ether oxygens (including phenoxy) is 2. The van der Waals surface area contributed by atoms with Gasteiger partial charge in [-0.3, -0.25) is 4.79 Å². The molecule has 3 fully saturated rings. The first-order valence-electron chi connectivity index (χ1n) is 10.6. The van der Waals surface area contributed by atoms with Gasteiger partial charge in [0.2, 0.25) is 5.88 Å². The molecular formula is C22H23FN6O3. The summed E-state index contributed by atoms with van der Waals surface area (Å²) < 4.78 is 24.1. The highest BCUT2D eigenvalue weighted by atomic mass is 19.1. The summed E-state index contributed by atoms with van der Waals surface area (Å²) in [4.78, 5) is 25.2. The number of nitrogens with zero attached hydrogens (tertiary/aromatic N) is 6. The van der Waals surface area contributed by atoms with E-state index < -0.39 is 0 Å². The highest BCUT2D eigenvalue weighted by molar-refractivity contribution is 5.96. The molecule has 3 aromatic heterocycles. The second-order valence-corrected chi connectivity index (χ2v) is 8.13. The normalized spacial score (nSPS) is 22.1. The Morgan fingerprint density at radius 1 is 1.19 bits per heavy atom. The number of hydrogen-bond acceptors (Lipinski definition) is 7. The number of rotatable bonds is 6. The number of aromatic nitrogens is 5. The van der Waals surface area contributed by atoms with E-state index >= 15 is 0 Å². The van der Waals surface area contributed by atoms with E-state index in [4.69, 9.17) is 9.47 Å². The number of amides is 1. The molecule has 2 aliphatic heterocycles. The molecule has 1 amide bonds. The van der Waals surface area contributed by atoms with E-state index in [0.717, 1.165) is 25.5 Å². The summed E-state index contributed by atoms with van der Waals surface area (Å²) in [7, 11) is 1.55. The van der Waals surface area contributed by atoms with E-state index in [0.29, 0.717) is 48.0 Å². The van der Waals surface area contributed by atoms with Crippen molar-refractivity contribution in [3.05, 3.63) is 54.5 Å². The molecule has 5 heterocycles. The number of methoxy groups -OCH3 is 1. The van der Waals surface area contributed by atoms with Crippen molar-refractivity contribution in [2.45, 2.75) is 25.3 Å². The minimum absolute atomic E-state index is 0.115. The van der Waals surface area contributed by atoms with Gasteiger partial charge >= 0.3 is 0 Å². The molecule has 1 saturated carbocycles. The van der Waals surface area contributed by atoms with E-state index in [2.05, 4.69) is 20.2 Å². The zero-order valence-electron chi connectivity index (χ0n) is 17.6. The molecule has 3 aromatic rings. The molecule has 6 rings (SSSR count). The first-order valence-corrected chi connectivity index (χ1v) is 10.6. The Bertz CT molecular complexity index is 1090. The maximum Gasteiger partial charge on any atom is 0.275 e. The fourth-order valence-corrected chi connectivity index (χ4v) is 4.66. The number of hydrogen-bond donors (Lipinski definition) is 0. The maximum absolute atomic E-state index is 13.5. The van der Waals surface area contributed by atoms with Crippen LogP contribution in [0.1, 0.15) is 29.8 Å². The van der Waals surface area contributed by atoms with Crippen LogP contribution in [0.25, 0.3) is 5.69 Å². The standard InChI is InChI=1S/C22H23FN6O3/c1-31-18-9-19(29-26-6-7-27-29)21(25-11-18)22(30)28-12-14-2-4-17(28)8-15(14)13-32-20-5-3-16(23)10-24-20/h3,5-7,9-11,14-15,17H,2,4,8,12-13H2,1H3. The Hall–Kier alpha value is -3.56. The monoisotopic (exact) mass is 438 g/mol. The molecule has 0 spiro atoms. The molecule has 2 saturated heterocycles. The summed E-state index contributed by atoms with van der Waals surface area (Å²) in [6.07, 6.45) is 8.64. The number of carbonyl (C=O) groups is 1. The van der Waals surface area contributed by atoms with Crippen LogP contribution in [0.4, 0.5) is 4.39 Å². The van der Waals surface area contributed by atoms with Gasteiger partial charge in [0.15, 0.2) is 5.69 Å². The van der Waals surface area contributed by atoms with Crippen LogP contribution < -0.4 is 9.47 Å². The average molecular weight is 438 g/mol. The molecular weight excluding hydrogens is 415 g/mol. The van der Waals surface area contributed by atoms with E-state index in [9.17, 15) is 9.18 Å². The third kappa shape index (κ3) is 3.88. The van der Waals surface area contributed by atoms with Crippen molar-refractivity contribution in [2.24, 2.45) is 11.8 Å².